The first-order valence-corrected chi connectivity index (χ1v) is 30.0. The molecule has 18 rings (SSSR count). The van der Waals surface area contributed by atoms with Gasteiger partial charge in [-0.15, -0.1) is 0 Å². The van der Waals surface area contributed by atoms with Crippen LogP contribution in [0.4, 0.5) is 0 Å². The molecule has 0 saturated heterocycles. The molecular weight excluding hydrogens is 1090 g/mol. The molecule has 7 nitrogen and oxygen atoms in total. The van der Waals surface area contributed by atoms with Gasteiger partial charge in [-0.3, -0.25) is 13.7 Å². The highest BCUT2D eigenvalue weighted by molar-refractivity contribution is 6.12. The van der Waals surface area contributed by atoms with E-state index in [0.29, 0.717) is 17.1 Å². The van der Waals surface area contributed by atoms with E-state index < -0.39 is 18.1 Å². The van der Waals surface area contributed by atoms with Crippen LogP contribution in [0, 0.1) is 6.33 Å². The van der Waals surface area contributed by atoms with Crippen LogP contribution in [-0.2, 0) is 5.41 Å². The smallest absolute Gasteiger partial charge is 0.269 e. The van der Waals surface area contributed by atoms with E-state index in [2.05, 4.69) is 239 Å². The molecular formula is C82H55N5O2. The van der Waals surface area contributed by atoms with Crippen molar-refractivity contribution in [2.24, 2.45) is 0 Å². The molecule has 0 atom stereocenters. The third-order valence-corrected chi connectivity index (χ3v) is 17.9. The standard InChI is InChI=1S/C82H55N5O2/c1-82(2,3)55-41-42-83-79(47-55)87-73-32-15-11-27-64(73)65-39-37-58(49-75(65)87)88-57-22-17-21-56(48-57)84-50-85-80-67(29-18-33-74(80)86-71-30-13-9-25-62(71)63-26-10-14-31-72(63)86)68-43-52(51-19-5-4-6-20-51)35-38-61(68)59-23-7-8-24-60(59)70-45-54(46-76(84)81(70)85)53-36-40-78-69(44-53)66-28-12-16-34-77(66)89-78/h4-49H,1-3H3/i4D,5D,6D,19D,20D. The summed E-state index contributed by atoms with van der Waals surface area (Å²) >= 11 is 0. The van der Waals surface area contributed by atoms with Gasteiger partial charge in [-0.1, -0.05) is 191 Å². The van der Waals surface area contributed by atoms with E-state index >= 15 is 0 Å². The molecule has 420 valence electrons. The molecule has 6 heterocycles. The van der Waals surface area contributed by atoms with Crippen molar-refractivity contribution in [3.63, 3.8) is 0 Å². The molecule has 0 bridgehead atoms. The molecule has 1 aliphatic rings. The molecule has 12 aromatic carbocycles. The summed E-state index contributed by atoms with van der Waals surface area (Å²) in [6, 6.07) is 82.5. The van der Waals surface area contributed by atoms with Crippen LogP contribution in [0.15, 0.2) is 283 Å². The van der Waals surface area contributed by atoms with Crippen molar-refractivity contribution in [1.82, 2.24) is 18.7 Å². The third-order valence-electron chi connectivity index (χ3n) is 17.9. The van der Waals surface area contributed by atoms with Crippen LogP contribution in [0.3, 0.4) is 0 Å². The van der Waals surface area contributed by atoms with E-state index in [9.17, 15) is 2.74 Å². The van der Waals surface area contributed by atoms with Crippen molar-refractivity contribution in [3.8, 4) is 90.0 Å². The summed E-state index contributed by atoms with van der Waals surface area (Å²) in [6.45, 7) is 6.67. The Morgan fingerprint density at radius 2 is 1.06 bits per heavy atom. The average Bonchev–Trinajstić information content (AvgIpc) is 1.53. The fraction of sp³-hybridized carbons (Fsp3) is 0.0488. The first-order valence-electron chi connectivity index (χ1n) is 32.5. The number of nitrogens with zero attached hydrogens (tertiary/aromatic N) is 5. The third kappa shape index (κ3) is 7.98. The van der Waals surface area contributed by atoms with Gasteiger partial charge in [0.25, 0.3) is 6.33 Å². The van der Waals surface area contributed by atoms with Gasteiger partial charge < -0.3 is 13.7 Å². The maximum atomic E-state index is 9.28. The molecule has 0 fully saturated rings. The maximum absolute atomic E-state index is 9.28. The van der Waals surface area contributed by atoms with E-state index in [-0.39, 0.29) is 23.1 Å². The number of para-hydroxylation sites is 5. The van der Waals surface area contributed by atoms with Crippen LogP contribution < -0.4 is 9.30 Å². The Labute approximate surface area is 520 Å². The summed E-state index contributed by atoms with van der Waals surface area (Å²) in [5.74, 6) is 2.12. The van der Waals surface area contributed by atoms with Crippen molar-refractivity contribution in [2.75, 3.05) is 0 Å². The number of fused-ring (bicyclic) bond motifs is 16. The van der Waals surface area contributed by atoms with Gasteiger partial charge >= 0.3 is 0 Å². The lowest BCUT2D eigenvalue weighted by atomic mass is 9.86. The SMILES string of the molecule is [2H]c1c([2H])c([2H])c(-c2ccc3c(c2)-c2cccc(-n4c5ccccc5c5ccccc54)c2-[n+]2[c-]n(-c4cccc(Oc5ccc6c7ccccc7n(-c7cc(C(C)(C)C)ccn7)c6c5)c4)c4cc(-c5ccc6oc7ccccc7c6c5)cc(c42)-c2ccccc2-3)c([2H])c1[2H]. The zero-order valence-corrected chi connectivity index (χ0v) is 48.7. The van der Waals surface area contributed by atoms with E-state index in [1.807, 2.05) is 54.7 Å². The van der Waals surface area contributed by atoms with Gasteiger partial charge in [-0.25, -0.2) is 4.98 Å². The molecule has 0 unspecified atom stereocenters. The number of hydrogen-bond acceptors (Lipinski definition) is 3. The van der Waals surface area contributed by atoms with Crippen LogP contribution in [0.2, 0.25) is 0 Å². The summed E-state index contributed by atoms with van der Waals surface area (Å²) in [6.07, 6.45) is 5.95. The number of furan rings is 1. The van der Waals surface area contributed by atoms with Crippen LogP contribution in [0.1, 0.15) is 33.2 Å². The van der Waals surface area contributed by atoms with Gasteiger partial charge in [0.1, 0.15) is 28.5 Å². The minimum Gasteiger partial charge on any atom is -0.458 e. The number of ether oxygens (including phenoxy) is 1. The topological polar surface area (TPSA) is 53.9 Å². The zero-order valence-electron chi connectivity index (χ0n) is 53.7. The molecule has 0 aliphatic carbocycles. The predicted molar refractivity (Wildman–Crippen MR) is 363 cm³/mol. The number of rotatable bonds is 7. The zero-order chi connectivity index (χ0) is 63.4. The van der Waals surface area contributed by atoms with Crippen LogP contribution in [0.25, 0.3) is 155 Å². The Morgan fingerprint density at radius 1 is 0.438 bits per heavy atom. The second-order valence-corrected chi connectivity index (χ2v) is 24.1. The van der Waals surface area contributed by atoms with Crippen LogP contribution in [-0.4, -0.2) is 18.7 Å². The van der Waals surface area contributed by atoms with Gasteiger partial charge in [0.2, 0.25) is 0 Å². The Balaban J connectivity index is 0.919. The molecule has 17 aromatic rings. The van der Waals surface area contributed by atoms with Crippen molar-refractivity contribution >= 4 is 76.6 Å². The molecule has 0 spiro atoms. The summed E-state index contributed by atoms with van der Waals surface area (Å²) in [5, 5.41) is 6.46. The Hall–Kier alpha value is -11.5. The van der Waals surface area contributed by atoms with Crippen molar-refractivity contribution in [3.05, 3.63) is 291 Å². The highest BCUT2D eigenvalue weighted by atomic mass is 16.5. The molecule has 0 saturated carbocycles. The Morgan fingerprint density at radius 3 is 1.83 bits per heavy atom. The largest absolute Gasteiger partial charge is 0.458 e. The summed E-state index contributed by atoms with van der Waals surface area (Å²) in [7, 11) is 0. The first kappa shape index (κ1) is 45.8. The number of benzene rings is 12. The van der Waals surface area contributed by atoms with Gasteiger partial charge in [-0.2, -0.15) is 0 Å². The lowest BCUT2D eigenvalue weighted by Crippen LogP contribution is -2.32. The average molecular weight is 1150 g/mol. The van der Waals surface area contributed by atoms with Crippen molar-refractivity contribution in [1.29, 1.82) is 0 Å². The van der Waals surface area contributed by atoms with Crippen LogP contribution >= 0.6 is 0 Å². The van der Waals surface area contributed by atoms with E-state index in [1.165, 1.54) is 5.56 Å². The van der Waals surface area contributed by atoms with Crippen molar-refractivity contribution < 1.29 is 20.6 Å². The molecule has 0 N–H and O–H groups in total. The van der Waals surface area contributed by atoms with Gasteiger partial charge in [0.15, 0.2) is 0 Å². The van der Waals surface area contributed by atoms with Gasteiger partial charge in [0.05, 0.1) is 57.0 Å². The molecule has 0 amide bonds. The monoisotopic (exact) mass is 1150 g/mol. The number of hydrogen-bond donors (Lipinski definition) is 0. The fourth-order valence-corrected chi connectivity index (χ4v) is 13.8. The minimum atomic E-state index is -0.443. The fourth-order valence-electron chi connectivity index (χ4n) is 13.8. The Kier molecular flexibility index (Phi) is 10.0. The van der Waals surface area contributed by atoms with E-state index in [1.54, 1.807) is 0 Å². The lowest BCUT2D eigenvalue weighted by Gasteiger charge is -2.21. The molecule has 5 aromatic heterocycles. The van der Waals surface area contributed by atoms with E-state index in [4.69, 9.17) is 18.3 Å². The second-order valence-electron chi connectivity index (χ2n) is 24.1. The number of pyridine rings is 1. The minimum absolute atomic E-state index is 0.0850. The molecule has 0 radical (unpaired) electrons. The second kappa shape index (κ2) is 19.5. The van der Waals surface area contributed by atoms with Crippen molar-refractivity contribution in [2.45, 2.75) is 26.2 Å². The summed E-state index contributed by atoms with van der Waals surface area (Å²) in [5.41, 5.74) is 18.9. The number of aromatic nitrogens is 5. The Bertz CT molecular complexity index is 6020. The van der Waals surface area contributed by atoms with Gasteiger partial charge in [0, 0.05) is 44.6 Å². The lowest BCUT2D eigenvalue weighted by molar-refractivity contribution is -0.571. The first-order chi connectivity index (χ1) is 45.8. The highest BCUT2D eigenvalue weighted by Gasteiger charge is 2.29. The normalized spacial score (nSPS) is 13.0. The quantitative estimate of drug-likeness (QED) is 0.118. The summed E-state index contributed by atoms with van der Waals surface area (Å²) < 4.78 is 67.2. The predicted octanol–water partition coefficient (Wildman–Crippen LogP) is 20.9. The molecule has 1 aliphatic heterocycles. The van der Waals surface area contributed by atoms with Gasteiger partial charge in [-0.05, 0) is 164 Å². The molecule has 7 heteroatoms. The highest BCUT2D eigenvalue weighted by Crippen LogP contribution is 2.48. The number of imidazole rings is 1. The van der Waals surface area contributed by atoms with Crippen LogP contribution in [0.5, 0.6) is 11.5 Å². The van der Waals surface area contributed by atoms with E-state index in [0.717, 1.165) is 144 Å². The maximum Gasteiger partial charge on any atom is 0.269 e. The summed E-state index contributed by atoms with van der Waals surface area (Å²) in [4.78, 5) is 4.96. The molecule has 89 heavy (non-hydrogen) atoms.